The number of hydrogen-bond donors (Lipinski definition) is 1. The molecule has 31 heavy (non-hydrogen) atoms. The molecule has 2 aromatic carbocycles. The van der Waals surface area contributed by atoms with Crippen LogP contribution in [0.1, 0.15) is 33.4 Å². The number of benzene rings is 2. The average Bonchev–Trinajstić information content (AvgIpc) is 3.12. The van der Waals surface area contributed by atoms with E-state index < -0.39 is 0 Å². The van der Waals surface area contributed by atoms with Crippen molar-refractivity contribution < 1.29 is 19.1 Å². The normalized spacial score (nSPS) is 10.8. The highest BCUT2D eigenvalue weighted by Gasteiger charge is 2.13. The van der Waals surface area contributed by atoms with E-state index in [-0.39, 0.29) is 11.7 Å². The highest BCUT2D eigenvalue weighted by molar-refractivity contribution is 9.10. The van der Waals surface area contributed by atoms with E-state index in [2.05, 4.69) is 26.2 Å². The number of thiazole rings is 1. The second-order valence-corrected chi connectivity index (χ2v) is 8.47. The van der Waals surface area contributed by atoms with Gasteiger partial charge in [0.15, 0.2) is 22.4 Å². The number of ketones is 1. The summed E-state index contributed by atoms with van der Waals surface area (Å²) < 4.78 is 12.1. The van der Waals surface area contributed by atoms with Crippen LogP contribution in [0.15, 0.2) is 53.0 Å². The Morgan fingerprint density at radius 2 is 1.97 bits per heavy atom. The minimum atomic E-state index is -0.344. The number of aromatic nitrogens is 1. The molecule has 0 atom stereocenters. The van der Waals surface area contributed by atoms with Crippen LogP contribution in [0.3, 0.4) is 0 Å². The fourth-order valence-electron chi connectivity index (χ4n) is 2.80. The molecule has 1 aromatic heterocycles. The third kappa shape index (κ3) is 6.02. The lowest BCUT2D eigenvalue weighted by Crippen LogP contribution is -2.07. The van der Waals surface area contributed by atoms with Crippen LogP contribution in [0, 0.1) is 6.92 Å². The molecule has 0 radical (unpaired) electrons. The lowest BCUT2D eigenvalue weighted by atomic mass is 10.2. The number of Topliss-reactive ketones (excluding diaryl/α,β-unsaturated/α-hetero) is 1. The zero-order valence-corrected chi connectivity index (χ0v) is 19.7. The van der Waals surface area contributed by atoms with Crippen LogP contribution in [-0.2, 0) is 11.4 Å². The van der Waals surface area contributed by atoms with Crippen molar-refractivity contribution in [3.05, 3.63) is 74.7 Å². The Morgan fingerprint density at radius 1 is 1.23 bits per heavy atom. The topological polar surface area (TPSA) is 77.5 Å². The molecule has 1 heterocycles. The number of hydrogen-bond acceptors (Lipinski definition) is 6. The standard InChI is InChI=1S/C23H21BrN2O4S/c1-14-22(15(2)27)31-23(25-14)26-20(28)10-9-17-11-18(24)21(19(12-17)29-3)30-13-16-7-5-4-6-8-16/h4-12H,13H2,1-3H3,(H,25,26,28)/b10-9+. The average molecular weight is 501 g/mol. The molecule has 3 rings (SSSR count). The van der Waals surface area contributed by atoms with Crippen LogP contribution in [0.5, 0.6) is 11.5 Å². The third-order valence-electron chi connectivity index (χ3n) is 4.25. The quantitative estimate of drug-likeness (QED) is 0.319. The smallest absolute Gasteiger partial charge is 0.250 e. The van der Waals surface area contributed by atoms with Gasteiger partial charge < -0.3 is 9.47 Å². The van der Waals surface area contributed by atoms with Gasteiger partial charge in [-0.15, -0.1) is 0 Å². The summed E-state index contributed by atoms with van der Waals surface area (Å²) in [5, 5.41) is 3.07. The molecular weight excluding hydrogens is 480 g/mol. The molecular formula is C23H21BrN2O4S. The highest BCUT2D eigenvalue weighted by atomic mass is 79.9. The Balaban J connectivity index is 1.70. The largest absolute Gasteiger partial charge is 0.493 e. The summed E-state index contributed by atoms with van der Waals surface area (Å²) in [4.78, 5) is 28.6. The molecule has 0 unspecified atom stereocenters. The van der Waals surface area contributed by atoms with Gasteiger partial charge >= 0.3 is 0 Å². The molecule has 6 nitrogen and oxygen atoms in total. The molecule has 0 spiro atoms. The SMILES string of the molecule is COc1cc(/C=C/C(=O)Nc2nc(C)c(C(C)=O)s2)cc(Br)c1OCc1ccccc1. The summed E-state index contributed by atoms with van der Waals surface area (Å²) in [7, 11) is 1.56. The summed E-state index contributed by atoms with van der Waals surface area (Å²) >= 11 is 4.68. The Morgan fingerprint density at radius 3 is 2.61 bits per heavy atom. The minimum absolute atomic E-state index is 0.0717. The number of nitrogens with zero attached hydrogens (tertiary/aromatic N) is 1. The second kappa shape index (κ2) is 10.4. The Labute approximate surface area is 193 Å². The monoisotopic (exact) mass is 500 g/mol. The number of aryl methyl sites for hydroxylation is 1. The van der Waals surface area contributed by atoms with Crippen LogP contribution >= 0.6 is 27.3 Å². The van der Waals surface area contributed by atoms with Crippen LogP contribution in [0.4, 0.5) is 5.13 Å². The predicted octanol–water partition coefficient (Wildman–Crippen LogP) is 5.66. The first-order valence-corrected chi connectivity index (χ1v) is 11.0. The number of ether oxygens (including phenoxy) is 2. The van der Waals surface area contributed by atoms with Crippen molar-refractivity contribution in [1.82, 2.24) is 4.98 Å². The number of anilines is 1. The molecule has 0 fully saturated rings. The van der Waals surface area contributed by atoms with Crippen LogP contribution < -0.4 is 14.8 Å². The Bertz CT molecular complexity index is 1130. The van der Waals surface area contributed by atoms with Crippen molar-refractivity contribution >= 4 is 50.2 Å². The molecule has 1 amide bonds. The number of methoxy groups -OCH3 is 1. The number of nitrogens with one attached hydrogen (secondary N) is 1. The number of rotatable bonds is 8. The van der Waals surface area contributed by atoms with Crippen molar-refractivity contribution in [3.63, 3.8) is 0 Å². The highest BCUT2D eigenvalue weighted by Crippen LogP contribution is 2.37. The third-order valence-corrected chi connectivity index (χ3v) is 6.01. The number of carbonyl (C=O) groups excluding carboxylic acids is 2. The van der Waals surface area contributed by atoms with Crippen molar-refractivity contribution in [1.29, 1.82) is 0 Å². The van der Waals surface area contributed by atoms with E-state index in [1.165, 1.54) is 13.0 Å². The van der Waals surface area contributed by atoms with Gasteiger partial charge in [0.25, 0.3) is 0 Å². The predicted molar refractivity (Wildman–Crippen MR) is 126 cm³/mol. The summed E-state index contributed by atoms with van der Waals surface area (Å²) in [6, 6.07) is 13.5. The minimum Gasteiger partial charge on any atom is -0.493 e. The second-order valence-electron chi connectivity index (χ2n) is 6.62. The first-order valence-electron chi connectivity index (χ1n) is 9.39. The van der Waals surface area contributed by atoms with E-state index in [1.807, 2.05) is 36.4 Å². The zero-order valence-electron chi connectivity index (χ0n) is 17.3. The van der Waals surface area contributed by atoms with Crippen molar-refractivity contribution in [2.24, 2.45) is 0 Å². The Hall–Kier alpha value is -2.97. The van der Waals surface area contributed by atoms with Gasteiger partial charge in [0.05, 0.1) is 22.2 Å². The number of amides is 1. The van der Waals surface area contributed by atoms with Crippen molar-refractivity contribution in [2.75, 3.05) is 12.4 Å². The summed E-state index contributed by atoms with van der Waals surface area (Å²) in [6.45, 7) is 3.62. The Kier molecular flexibility index (Phi) is 7.59. The van der Waals surface area contributed by atoms with E-state index >= 15 is 0 Å². The molecule has 160 valence electrons. The molecule has 1 N–H and O–H groups in total. The van der Waals surface area contributed by atoms with Gasteiger partial charge in [-0.3, -0.25) is 14.9 Å². The first kappa shape index (κ1) is 22.7. The van der Waals surface area contributed by atoms with Gasteiger partial charge in [0.1, 0.15) is 6.61 Å². The zero-order chi connectivity index (χ0) is 22.4. The van der Waals surface area contributed by atoms with Crippen LogP contribution in [-0.4, -0.2) is 23.8 Å². The van der Waals surface area contributed by atoms with Gasteiger partial charge in [0.2, 0.25) is 5.91 Å². The van der Waals surface area contributed by atoms with Crippen LogP contribution in [0.25, 0.3) is 6.08 Å². The van der Waals surface area contributed by atoms with Gasteiger partial charge in [-0.1, -0.05) is 41.7 Å². The van der Waals surface area contributed by atoms with Gasteiger partial charge in [-0.05, 0) is 52.2 Å². The maximum absolute atomic E-state index is 12.3. The van der Waals surface area contributed by atoms with E-state index in [1.54, 1.807) is 26.2 Å². The molecule has 8 heteroatoms. The van der Waals surface area contributed by atoms with Gasteiger partial charge in [-0.25, -0.2) is 4.98 Å². The first-order chi connectivity index (χ1) is 14.9. The van der Waals surface area contributed by atoms with Crippen molar-refractivity contribution in [2.45, 2.75) is 20.5 Å². The lowest BCUT2D eigenvalue weighted by Gasteiger charge is -2.13. The fourth-order valence-corrected chi connectivity index (χ4v) is 4.24. The fraction of sp³-hybridized carbons (Fsp3) is 0.174. The molecule has 0 bridgehead atoms. The van der Waals surface area contributed by atoms with Crippen molar-refractivity contribution in [3.8, 4) is 11.5 Å². The molecule has 3 aromatic rings. The maximum atomic E-state index is 12.3. The van der Waals surface area contributed by atoms with Gasteiger partial charge in [0, 0.05) is 13.0 Å². The van der Waals surface area contributed by atoms with E-state index in [0.29, 0.717) is 38.3 Å². The summed E-state index contributed by atoms with van der Waals surface area (Å²) in [5.74, 6) is 0.718. The maximum Gasteiger partial charge on any atom is 0.250 e. The molecule has 0 aliphatic heterocycles. The van der Waals surface area contributed by atoms with E-state index in [0.717, 1.165) is 22.5 Å². The molecule has 0 aliphatic carbocycles. The number of halogens is 1. The molecule has 0 saturated carbocycles. The lowest BCUT2D eigenvalue weighted by molar-refractivity contribution is -0.111. The van der Waals surface area contributed by atoms with Gasteiger partial charge in [-0.2, -0.15) is 0 Å². The van der Waals surface area contributed by atoms with E-state index in [9.17, 15) is 9.59 Å². The van der Waals surface area contributed by atoms with E-state index in [4.69, 9.17) is 9.47 Å². The summed E-state index contributed by atoms with van der Waals surface area (Å²) in [5.41, 5.74) is 2.41. The molecule has 0 saturated heterocycles. The molecule has 0 aliphatic rings. The van der Waals surface area contributed by atoms with Crippen LogP contribution in [0.2, 0.25) is 0 Å². The summed E-state index contributed by atoms with van der Waals surface area (Å²) in [6.07, 6.45) is 3.06. The number of carbonyl (C=O) groups is 2.